The van der Waals surface area contributed by atoms with Gasteiger partial charge in [-0.1, -0.05) is 62.4 Å². The Labute approximate surface area is 498 Å². The smallest absolute Gasteiger partial charge is 0.748 e. The molecule has 25 nitrogen and oxygen atoms in total. The van der Waals surface area contributed by atoms with Gasteiger partial charge in [0.05, 0.1) is 45.5 Å². The topological polar surface area (TPSA) is 398 Å². The first-order valence-corrected chi connectivity index (χ1v) is 29.7. The Balaban J connectivity index is 0.0000108. The van der Waals surface area contributed by atoms with Crippen molar-refractivity contribution in [3.63, 3.8) is 0 Å². The van der Waals surface area contributed by atoms with Crippen LogP contribution in [0.1, 0.15) is 74.9 Å². The number of nitrogens with zero attached hydrogens (tertiary/aromatic N) is 2. The van der Waals surface area contributed by atoms with Crippen molar-refractivity contribution in [3.05, 3.63) is 107 Å². The molecule has 15 atom stereocenters. The van der Waals surface area contributed by atoms with E-state index in [1.807, 2.05) is 79.5 Å². The molecule has 15 unspecified atom stereocenters. The molecule has 2 aromatic rings. The number of aliphatic hydroxyl groups excluding tert-OH is 10. The van der Waals surface area contributed by atoms with Crippen molar-refractivity contribution in [2.24, 2.45) is 0 Å². The number of hydrogen-bond acceptors (Lipinski definition) is 23. The Morgan fingerprint density at radius 3 is 1.83 bits per heavy atom. The number of hydrogen-bond donors (Lipinski definition) is 11. The van der Waals surface area contributed by atoms with E-state index in [9.17, 15) is 81.8 Å². The number of para-hydroxylation sites is 1. The number of anilines is 1. The van der Waals surface area contributed by atoms with Crippen LogP contribution in [0.4, 0.5) is 11.4 Å². The fourth-order valence-corrected chi connectivity index (χ4v) is 12.0. The van der Waals surface area contributed by atoms with Crippen LogP contribution >= 0.6 is 0 Å². The van der Waals surface area contributed by atoms with E-state index in [2.05, 4.69) is 29.8 Å². The van der Waals surface area contributed by atoms with Crippen molar-refractivity contribution in [2.45, 2.75) is 156 Å². The summed E-state index contributed by atoms with van der Waals surface area (Å²) in [4.78, 5) is 16.0. The number of ether oxygens (including phenoxy) is 5. The molecular weight excluding hydrogens is 1130 g/mol. The zero-order valence-corrected chi connectivity index (χ0v) is 49.7. The number of fused-ring (bicyclic) bond motifs is 2. The first-order valence-electron chi connectivity index (χ1n) is 26.6. The maximum atomic E-state index is 14.0. The number of rotatable bonds is 23. The molecule has 5 heterocycles. The second-order valence-corrected chi connectivity index (χ2v) is 24.7. The molecule has 5 aliphatic rings. The van der Waals surface area contributed by atoms with Gasteiger partial charge in [-0.15, -0.1) is 0 Å². The Morgan fingerprint density at radius 1 is 0.659 bits per heavy atom. The molecule has 11 N–H and O–H groups in total. The predicted molar refractivity (Wildman–Crippen MR) is 286 cm³/mol. The number of carbonyl (C=O) groups is 1. The summed E-state index contributed by atoms with van der Waals surface area (Å²) in [5.74, 6) is -1.75. The number of aliphatic hydroxyl groups is 10. The number of allylic oxidation sites excluding steroid dienone is 8. The molecule has 1 amide bonds. The summed E-state index contributed by atoms with van der Waals surface area (Å²) in [6.07, 6.45) is -12.4. The normalized spacial score (nSPS) is 32.4. The third-order valence-corrected chi connectivity index (χ3v) is 16.9. The molecule has 7 rings (SSSR count). The van der Waals surface area contributed by atoms with Crippen molar-refractivity contribution in [2.75, 3.05) is 49.3 Å². The van der Waals surface area contributed by atoms with Gasteiger partial charge in [-0.25, -0.2) is 16.8 Å². The van der Waals surface area contributed by atoms with E-state index in [0.29, 0.717) is 37.2 Å². The molecule has 0 aliphatic carbocycles. The van der Waals surface area contributed by atoms with Gasteiger partial charge in [0.1, 0.15) is 79.8 Å². The first kappa shape index (κ1) is 67.7. The third-order valence-electron chi connectivity index (χ3n) is 15.3. The van der Waals surface area contributed by atoms with Gasteiger partial charge >= 0.3 is 29.6 Å². The minimum Gasteiger partial charge on any atom is -0.748 e. The molecule has 0 aromatic heterocycles. The van der Waals surface area contributed by atoms with Crippen molar-refractivity contribution in [3.8, 4) is 0 Å². The van der Waals surface area contributed by atoms with Crippen LogP contribution in [-0.2, 0) is 54.8 Å². The zero-order chi connectivity index (χ0) is 59.4. The van der Waals surface area contributed by atoms with Crippen LogP contribution in [0.5, 0.6) is 0 Å². The first-order chi connectivity index (χ1) is 38.1. The van der Waals surface area contributed by atoms with E-state index in [1.54, 1.807) is 12.1 Å². The van der Waals surface area contributed by atoms with Gasteiger partial charge < -0.3 is 94.1 Å². The summed E-state index contributed by atoms with van der Waals surface area (Å²) in [5.41, 5.74) is 4.20. The molecule has 0 radical (unpaired) electrons. The third kappa shape index (κ3) is 15.4. The van der Waals surface area contributed by atoms with Gasteiger partial charge in [0, 0.05) is 64.5 Å². The van der Waals surface area contributed by atoms with Gasteiger partial charge in [-0.3, -0.25) is 4.79 Å². The molecule has 3 saturated heterocycles. The van der Waals surface area contributed by atoms with Gasteiger partial charge in [0.2, 0.25) is 5.69 Å². The van der Waals surface area contributed by atoms with Gasteiger partial charge in [0.25, 0.3) is 5.91 Å². The van der Waals surface area contributed by atoms with E-state index < -0.39 is 155 Å². The molecule has 0 bridgehead atoms. The maximum absolute atomic E-state index is 14.0. The van der Waals surface area contributed by atoms with E-state index in [0.717, 1.165) is 22.7 Å². The molecule has 2 aromatic carbocycles. The van der Waals surface area contributed by atoms with E-state index >= 15 is 0 Å². The van der Waals surface area contributed by atoms with Crippen LogP contribution in [-0.4, -0.2) is 230 Å². The summed E-state index contributed by atoms with van der Waals surface area (Å²) in [6.45, 7) is 6.30. The minimum atomic E-state index is -4.47. The molecular formula is C54H74N3NaO22S2. The van der Waals surface area contributed by atoms with E-state index in [4.69, 9.17) is 23.7 Å². The second kappa shape index (κ2) is 28.4. The van der Waals surface area contributed by atoms with Crippen LogP contribution in [0.3, 0.4) is 0 Å². The summed E-state index contributed by atoms with van der Waals surface area (Å²) in [5, 5.41) is 108. The number of nitrogens with one attached hydrogen (secondary N) is 1. The Morgan fingerprint density at radius 2 is 1.21 bits per heavy atom. The Kier molecular flexibility index (Phi) is 23.4. The van der Waals surface area contributed by atoms with E-state index in [1.165, 1.54) is 6.07 Å². The SMILES string of the molecule is CC1(C)C(=CC=CC=CC=CC2=[N+](CCCCS(=O)(=O)[O-])c3ccccc3C2(C)C)N(CCCCS(=O)(=O)[O-])c2ccc(C(=O)NC3OC(CO)C(OC4OC(CO)C(OC5OC(CO)C(O)C(O)C5O)C(O)C4O)C(O)C3O)cc21.[Na+]. The zero-order valence-electron chi connectivity index (χ0n) is 46.1. The molecule has 82 heavy (non-hydrogen) atoms. The second-order valence-electron chi connectivity index (χ2n) is 21.6. The molecule has 5 aliphatic heterocycles. The van der Waals surface area contributed by atoms with Crippen LogP contribution < -0.4 is 39.8 Å². The number of benzene rings is 2. The largest absolute Gasteiger partial charge is 1.00 e. The molecule has 3 fully saturated rings. The van der Waals surface area contributed by atoms with Crippen molar-refractivity contribution in [1.29, 1.82) is 0 Å². The van der Waals surface area contributed by atoms with E-state index in [-0.39, 0.29) is 53.4 Å². The van der Waals surface area contributed by atoms with Crippen LogP contribution in [0.2, 0.25) is 0 Å². The maximum Gasteiger partial charge on any atom is 1.00 e. The van der Waals surface area contributed by atoms with Crippen LogP contribution in [0.25, 0.3) is 0 Å². The monoisotopic (exact) mass is 1200 g/mol. The average Bonchev–Trinajstić information content (AvgIpc) is 4.01. The number of carbonyl (C=O) groups excluding carboxylic acids is 1. The number of unbranched alkanes of at least 4 members (excludes halogenated alkanes) is 2. The summed E-state index contributed by atoms with van der Waals surface area (Å²) in [6, 6.07) is 12.8. The summed E-state index contributed by atoms with van der Waals surface area (Å²) >= 11 is 0. The van der Waals surface area contributed by atoms with Crippen molar-refractivity contribution in [1.82, 2.24) is 5.32 Å². The average molecular weight is 1200 g/mol. The van der Waals surface area contributed by atoms with Gasteiger partial charge in [-0.05, 0) is 62.9 Å². The molecule has 0 saturated carbocycles. The summed E-state index contributed by atoms with van der Waals surface area (Å²) in [7, 11) is -8.79. The van der Waals surface area contributed by atoms with Crippen molar-refractivity contribution < 1.29 is 140 Å². The summed E-state index contributed by atoms with van der Waals surface area (Å²) < 4.78 is 98.5. The molecule has 28 heteroatoms. The number of amides is 1. The minimum absolute atomic E-state index is 0. The standard InChI is InChI=1S/C54H75N3O22S2.Na/c1-53(2)31-16-10-11-17-33(31)56(22-12-14-24-80(69,70)71)38(53)18-8-6-5-7-9-19-39-54(3,4)32-26-30(20-21-34(32)57(39)23-13-15-25-81(72,73)74)49(68)55-50-44(65)42(63)47(36(28-59)75-50)78-52-46(67)43(64)48(37(29-60)77-52)79-51-45(66)41(62)40(61)35(27-58)76-51;/h5-11,16-21,26,35-37,40-48,50-52,58-67H,12-15,22-25,27-29H2,1-4H3,(H2-,55,68,69,70,71,72,73,74);/q;+1/p-1. The molecule has 0 spiro atoms. The van der Waals surface area contributed by atoms with Crippen molar-refractivity contribution >= 4 is 43.2 Å². The molecule has 450 valence electrons. The van der Waals surface area contributed by atoms with Gasteiger partial charge in [-0.2, -0.15) is 4.58 Å². The predicted octanol–water partition coefficient (Wildman–Crippen LogP) is -4.75. The fourth-order valence-electron chi connectivity index (χ4n) is 10.9. The Bertz CT molecular complexity index is 2920. The quantitative estimate of drug-likeness (QED) is 0.0164. The fraction of sp³-hybridized carbons (Fsp3) is 0.593. The van der Waals surface area contributed by atoms with Crippen LogP contribution in [0.15, 0.2) is 90.7 Å². The van der Waals surface area contributed by atoms with Gasteiger partial charge in [0.15, 0.2) is 24.5 Å². The van der Waals surface area contributed by atoms with Crippen LogP contribution in [0, 0.1) is 0 Å². The Hall–Kier alpha value is -3.44.